The van der Waals surface area contributed by atoms with Gasteiger partial charge in [0.2, 0.25) is 5.22 Å². The summed E-state index contributed by atoms with van der Waals surface area (Å²) in [6, 6.07) is 12.4. The molecule has 0 bridgehead atoms. The molecule has 1 aliphatic rings. The van der Waals surface area contributed by atoms with Crippen LogP contribution in [0.3, 0.4) is 0 Å². The Balaban J connectivity index is 1.55. The van der Waals surface area contributed by atoms with E-state index < -0.39 is 0 Å². The number of rotatable bonds is 3. The molecular formula is C17H18ClNO2. The largest absolute Gasteiger partial charge is 0.452 e. The molecule has 1 aromatic heterocycles. The molecule has 0 spiro atoms. The number of halogens is 1. The smallest absolute Gasteiger partial charge is 0.256 e. The number of nitrogens with one attached hydrogen (secondary N) is 1. The first-order valence-electron chi connectivity index (χ1n) is 7.33. The minimum absolute atomic E-state index is 0.142. The Labute approximate surface area is 129 Å². The van der Waals surface area contributed by atoms with E-state index in [9.17, 15) is 4.79 Å². The van der Waals surface area contributed by atoms with E-state index in [2.05, 4.69) is 29.6 Å². The molecule has 1 aromatic carbocycles. The first-order chi connectivity index (χ1) is 10.2. The van der Waals surface area contributed by atoms with Gasteiger partial charge in [-0.15, -0.1) is 0 Å². The lowest BCUT2D eigenvalue weighted by atomic mass is 9.82. The van der Waals surface area contributed by atoms with Crippen LogP contribution in [0, 0.1) is 0 Å². The van der Waals surface area contributed by atoms with Crippen LogP contribution in [0.4, 0.5) is 0 Å². The van der Waals surface area contributed by atoms with Crippen LogP contribution in [0.5, 0.6) is 0 Å². The average molecular weight is 304 g/mol. The summed E-state index contributed by atoms with van der Waals surface area (Å²) < 4.78 is 4.95. The van der Waals surface area contributed by atoms with Crippen LogP contribution in [0.25, 0.3) is 0 Å². The van der Waals surface area contributed by atoms with Crippen LogP contribution >= 0.6 is 11.6 Å². The maximum atomic E-state index is 12.1. The Morgan fingerprint density at radius 3 is 2.43 bits per heavy atom. The highest BCUT2D eigenvalue weighted by atomic mass is 35.5. The maximum Gasteiger partial charge on any atom is 0.256 e. The van der Waals surface area contributed by atoms with Crippen LogP contribution in [0.15, 0.2) is 47.1 Å². The number of amides is 1. The van der Waals surface area contributed by atoms with Gasteiger partial charge < -0.3 is 9.73 Å². The fourth-order valence-electron chi connectivity index (χ4n) is 3.02. The molecule has 0 aliphatic heterocycles. The van der Waals surface area contributed by atoms with E-state index in [0.717, 1.165) is 25.7 Å². The molecule has 0 unspecified atom stereocenters. The third kappa shape index (κ3) is 3.30. The van der Waals surface area contributed by atoms with Gasteiger partial charge in [0, 0.05) is 6.04 Å². The predicted octanol–water partition coefficient (Wildman–Crippen LogP) is 4.39. The molecule has 1 N–H and O–H groups in total. The van der Waals surface area contributed by atoms with Crippen LogP contribution in [-0.4, -0.2) is 11.9 Å². The van der Waals surface area contributed by atoms with Crippen LogP contribution in [-0.2, 0) is 0 Å². The SMILES string of the molecule is O=C(NC1CCC(c2ccccc2)CC1)c1ccoc1Cl. The number of hydrogen-bond donors (Lipinski definition) is 1. The lowest BCUT2D eigenvalue weighted by Crippen LogP contribution is -2.37. The van der Waals surface area contributed by atoms with Crippen LogP contribution in [0.1, 0.15) is 47.5 Å². The molecule has 1 amide bonds. The molecule has 3 nitrogen and oxygen atoms in total. The van der Waals surface area contributed by atoms with Crippen molar-refractivity contribution in [2.24, 2.45) is 0 Å². The van der Waals surface area contributed by atoms with Crippen molar-refractivity contribution in [2.75, 3.05) is 0 Å². The van der Waals surface area contributed by atoms with E-state index in [1.807, 2.05) is 6.07 Å². The average Bonchev–Trinajstić information content (AvgIpc) is 2.95. The Kier molecular flexibility index (Phi) is 4.30. The molecule has 0 radical (unpaired) electrons. The Bertz CT molecular complexity index is 600. The Morgan fingerprint density at radius 1 is 1.10 bits per heavy atom. The zero-order valence-electron chi connectivity index (χ0n) is 11.7. The number of furan rings is 1. The summed E-state index contributed by atoms with van der Waals surface area (Å²) in [5.41, 5.74) is 1.82. The highest BCUT2D eigenvalue weighted by Gasteiger charge is 2.24. The van der Waals surface area contributed by atoms with Gasteiger partial charge in [0.05, 0.1) is 11.8 Å². The summed E-state index contributed by atoms with van der Waals surface area (Å²) in [5.74, 6) is 0.466. The molecule has 1 aliphatic carbocycles. The van der Waals surface area contributed by atoms with Gasteiger partial charge in [-0.05, 0) is 54.8 Å². The number of carbonyl (C=O) groups excluding carboxylic acids is 1. The monoisotopic (exact) mass is 303 g/mol. The fourth-order valence-corrected chi connectivity index (χ4v) is 3.22. The van der Waals surface area contributed by atoms with E-state index in [4.69, 9.17) is 16.0 Å². The summed E-state index contributed by atoms with van der Waals surface area (Å²) in [6.45, 7) is 0. The quantitative estimate of drug-likeness (QED) is 0.913. The molecule has 21 heavy (non-hydrogen) atoms. The molecule has 1 fully saturated rings. The van der Waals surface area contributed by atoms with E-state index in [0.29, 0.717) is 11.5 Å². The standard InChI is InChI=1S/C17H18ClNO2/c18-16-15(10-11-21-16)17(20)19-14-8-6-13(7-9-14)12-4-2-1-3-5-12/h1-5,10-11,13-14H,6-9H2,(H,19,20). The second-order valence-electron chi connectivity index (χ2n) is 5.54. The number of benzene rings is 1. The molecule has 4 heteroatoms. The first-order valence-corrected chi connectivity index (χ1v) is 7.70. The third-order valence-electron chi connectivity index (χ3n) is 4.20. The molecule has 0 atom stereocenters. The van der Waals surface area contributed by atoms with Gasteiger partial charge in [-0.1, -0.05) is 30.3 Å². The number of hydrogen-bond acceptors (Lipinski definition) is 2. The van der Waals surface area contributed by atoms with Gasteiger partial charge in [-0.3, -0.25) is 4.79 Å². The first kappa shape index (κ1) is 14.2. The zero-order valence-corrected chi connectivity index (χ0v) is 12.5. The maximum absolute atomic E-state index is 12.1. The normalized spacial score (nSPS) is 22.0. The Morgan fingerprint density at radius 2 is 1.81 bits per heavy atom. The highest BCUT2D eigenvalue weighted by molar-refractivity contribution is 6.32. The summed E-state index contributed by atoms with van der Waals surface area (Å²) >= 11 is 5.83. The second-order valence-corrected chi connectivity index (χ2v) is 5.88. The van der Waals surface area contributed by atoms with E-state index in [1.54, 1.807) is 6.07 Å². The van der Waals surface area contributed by atoms with Gasteiger partial charge in [0.15, 0.2) is 0 Å². The van der Waals surface area contributed by atoms with Crippen molar-refractivity contribution in [3.63, 3.8) is 0 Å². The van der Waals surface area contributed by atoms with Crippen molar-refractivity contribution in [3.8, 4) is 0 Å². The van der Waals surface area contributed by atoms with Crippen molar-refractivity contribution in [1.29, 1.82) is 0 Å². The van der Waals surface area contributed by atoms with Crippen molar-refractivity contribution >= 4 is 17.5 Å². The van der Waals surface area contributed by atoms with Gasteiger partial charge in [-0.25, -0.2) is 0 Å². The molecule has 0 saturated heterocycles. The zero-order chi connectivity index (χ0) is 14.7. The van der Waals surface area contributed by atoms with Crippen molar-refractivity contribution in [3.05, 3.63) is 59.0 Å². The summed E-state index contributed by atoms with van der Waals surface area (Å²) in [4.78, 5) is 12.1. The van der Waals surface area contributed by atoms with Crippen molar-refractivity contribution in [1.82, 2.24) is 5.32 Å². The second kappa shape index (κ2) is 6.35. The minimum Gasteiger partial charge on any atom is -0.452 e. The van der Waals surface area contributed by atoms with Gasteiger partial charge in [0.25, 0.3) is 5.91 Å². The van der Waals surface area contributed by atoms with Crippen molar-refractivity contribution < 1.29 is 9.21 Å². The van der Waals surface area contributed by atoms with Gasteiger partial charge >= 0.3 is 0 Å². The molecule has 2 aromatic rings. The van der Waals surface area contributed by atoms with Gasteiger partial charge in [-0.2, -0.15) is 0 Å². The third-order valence-corrected chi connectivity index (χ3v) is 4.49. The lowest BCUT2D eigenvalue weighted by Gasteiger charge is -2.29. The minimum atomic E-state index is -0.142. The molecule has 3 rings (SSSR count). The fraction of sp³-hybridized carbons (Fsp3) is 0.353. The van der Waals surface area contributed by atoms with Crippen LogP contribution in [0.2, 0.25) is 5.22 Å². The summed E-state index contributed by atoms with van der Waals surface area (Å²) in [5, 5.41) is 3.21. The predicted molar refractivity (Wildman–Crippen MR) is 82.6 cm³/mol. The Hall–Kier alpha value is -1.74. The highest BCUT2D eigenvalue weighted by Crippen LogP contribution is 2.32. The summed E-state index contributed by atoms with van der Waals surface area (Å²) in [7, 11) is 0. The topological polar surface area (TPSA) is 42.2 Å². The van der Waals surface area contributed by atoms with E-state index in [-0.39, 0.29) is 17.2 Å². The van der Waals surface area contributed by atoms with Crippen molar-refractivity contribution in [2.45, 2.75) is 37.6 Å². The van der Waals surface area contributed by atoms with E-state index >= 15 is 0 Å². The lowest BCUT2D eigenvalue weighted by molar-refractivity contribution is 0.0925. The van der Waals surface area contributed by atoms with E-state index in [1.165, 1.54) is 11.8 Å². The number of carbonyl (C=O) groups is 1. The molecule has 1 heterocycles. The molecule has 110 valence electrons. The molecule has 1 saturated carbocycles. The summed E-state index contributed by atoms with van der Waals surface area (Å²) in [6.07, 6.45) is 5.65. The van der Waals surface area contributed by atoms with Crippen LogP contribution < -0.4 is 5.32 Å². The molecular weight excluding hydrogens is 286 g/mol. The van der Waals surface area contributed by atoms with Gasteiger partial charge in [0.1, 0.15) is 0 Å².